The van der Waals surface area contributed by atoms with Crippen LogP contribution in [0.2, 0.25) is 0 Å². The molecule has 0 radical (unpaired) electrons. The summed E-state index contributed by atoms with van der Waals surface area (Å²) in [7, 11) is -1.32. The minimum atomic E-state index is -1.32. The van der Waals surface area contributed by atoms with E-state index in [4.69, 9.17) is 0 Å². The summed E-state index contributed by atoms with van der Waals surface area (Å²) in [6.45, 7) is 5.14. The standard InChI is InChI=1S/C24H31N5O2S/c1-20(27-13-5-6-14-27)11-12-25-23(30)19-32(31)18-21-17-26-29(22-9-3-2-4-10-22)24(21)28-15-7-8-16-28/h2-4,7-10,15-17,20H,5-6,11-14,18-19H2,1H3,(H,25,30)/t20-,32+/m1/s1. The molecule has 2 aromatic heterocycles. The van der Waals surface area contributed by atoms with E-state index in [2.05, 4.69) is 22.2 Å². The van der Waals surface area contributed by atoms with Gasteiger partial charge in [-0.1, -0.05) is 18.2 Å². The van der Waals surface area contributed by atoms with Gasteiger partial charge in [0.05, 0.1) is 17.6 Å². The topological polar surface area (TPSA) is 72.2 Å². The molecule has 1 amide bonds. The molecule has 0 unspecified atom stereocenters. The Morgan fingerprint density at radius 3 is 2.56 bits per heavy atom. The van der Waals surface area contributed by atoms with Crippen molar-refractivity contribution in [2.75, 3.05) is 25.4 Å². The van der Waals surface area contributed by atoms with Gasteiger partial charge in [-0.3, -0.25) is 9.00 Å². The van der Waals surface area contributed by atoms with Crippen LogP contribution in [0.3, 0.4) is 0 Å². The van der Waals surface area contributed by atoms with Crippen molar-refractivity contribution in [2.45, 2.75) is 38.0 Å². The van der Waals surface area contributed by atoms with Crippen LogP contribution in [-0.2, 0) is 21.3 Å². The summed E-state index contributed by atoms with van der Waals surface area (Å²) in [5.74, 6) is 0.960. The van der Waals surface area contributed by atoms with E-state index >= 15 is 0 Å². The number of amides is 1. The second-order valence-corrected chi connectivity index (χ2v) is 9.75. The van der Waals surface area contributed by atoms with Crippen LogP contribution in [0.1, 0.15) is 31.7 Å². The molecule has 0 spiro atoms. The largest absolute Gasteiger partial charge is 0.355 e. The number of rotatable bonds is 10. The van der Waals surface area contributed by atoms with E-state index in [9.17, 15) is 9.00 Å². The number of nitrogens with zero attached hydrogens (tertiary/aromatic N) is 4. The number of hydrogen-bond donors (Lipinski definition) is 1. The number of benzene rings is 1. The molecule has 1 aromatic carbocycles. The highest BCUT2D eigenvalue weighted by molar-refractivity contribution is 7.84. The highest BCUT2D eigenvalue weighted by Crippen LogP contribution is 2.21. The second kappa shape index (κ2) is 10.7. The fourth-order valence-corrected chi connectivity index (χ4v) is 5.24. The first-order chi connectivity index (χ1) is 15.6. The summed E-state index contributed by atoms with van der Waals surface area (Å²) >= 11 is 0. The average Bonchev–Trinajstić information content (AvgIpc) is 3.55. The van der Waals surface area contributed by atoms with Crippen molar-refractivity contribution in [3.63, 3.8) is 0 Å². The van der Waals surface area contributed by atoms with Crippen LogP contribution in [0.5, 0.6) is 0 Å². The molecule has 1 aliphatic heterocycles. The van der Waals surface area contributed by atoms with Crippen LogP contribution >= 0.6 is 0 Å². The van der Waals surface area contributed by atoms with Gasteiger partial charge in [-0.2, -0.15) is 5.10 Å². The van der Waals surface area contributed by atoms with Crippen LogP contribution in [-0.4, -0.2) is 60.8 Å². The molecule has 0 saturated carbocycles. The predicted octanol–water partition coefficient (Wildman–Crippen LogP) is 2.90. The summed E-state index contributed by atoms with van der Waals surface area (Å²) < 4.78 is 16.6. The van der Waals surface area contributed by atoms with Gasteiger partial charge in [0, 0.05) is 41.3 Å². The third-order valence-electron chi connectivity index (χ3n) is 5.92. The molecule has 0 aliphatic carbocycles. The van der Waals surface area contributed by atoms with Gasteiger partial charge in [-0.05, 0) is 63.5 Å². The maximum Gasteiger partial charge on any atom is 0.232 e. The van der Waals surface area contributed by atoms with Crippen molar-refractivity contribution in [3.05, 3.63) is 66.6 Å². The van der Waals surface area contributed by atoms with Gasteiger partial charge in [-0.15, -0.1) is 0 Å². The number of nitrogens with one attached hydrogen (secondary N) is 1. The number of hydrogen-bond acceptors (Lipinski definition) is 4. The van der Waals surface area contributed by atoms with Gasteiger partial charge in [0.15, 0.2) is 0 Å². The molecule has 0 bridgehead atoms. The van der Waals surface area contributed by atoms with Gasteiger partial charge in [0.2, 0.25) is 5.91 Å². The lowest BCUT2D eigenvalue weighted by Gasteiger charge is -2.23. The third kappa shape index (κ3) is 5.55. The van der Waals surface area contributed by atoms with E-state index in [0.29, 0.717) is 12.6 Å². The Kier molecular flexibility index (Phi) is 7.55. The summed E-state index contributed by atoms with van der Waals surface area (Å²) in [5.41, 5.74) is 1.77. The lowest BCUT2D eigenvalue weighted by atomic mass is 10.2. The van der Waals surface area contributed by atoms with Gasteiger partial charge in [0.1, 0.15) is 11.6 Å². The van der Waals surface area contributed by atoms with Gasteiger partial charge in [0.25, 0.3) is 0 Å². The van der Waals surface area contributed by atoms with Crippen molar-refractivity contribution >= 4 is 16.7 Å². The van der Waals surface area contributed by atoms with E-state index in [1.165, 1.54) is 12.8 Å². The molecule has 1 fully saturated rings. The van der Waals surface area contributed by atoms with Crippen molar-refractivity contribution < 1.29 is 9.00 Å². The summed E-state index contributed by atoms with van der Waals surface area (Å²) in [4.78, 5) is 14.8. The van der Waals surface area contributed by atoms with Crippen LogP contribution in [0, 0.1) is 0 Å². The molecule has 2 atom stereocenters. The molecule has 3 aromatic rings. The summed E-state index contributed by atoms with van der Waals surface area (Å²) in [5, 5.41) is 7.48. The Hall–Kier alpha value is -2.71. The second-order valence-electron chi connectivity index (χ2n) is 8.29. The van der Waals surface area contributed by atoms with Crippen molar-refractivity contribution in [3.8, 4) is 11.5 Å². The van der Waals surface area contributed by atoms with Crippen LogP contribution in [0.4, 0.5) is 0 Å². The molecule has 4 rings (SSSR count). The van der Waals surface area contributed by atoms with Gasteiger partial charge < -0.3 is 14.8 Å². The fraction of sp³-hybridized carbons (Fsp3) is 0.417. The smallest absolute Gasteiger partial charge is 0.232 e. The fourth-order valence-electron chi connectivity index (χ4n) is 4.19. The predicted molar refractivity (Wildman–Crippen MR) is 128 cm³/mol. The Morgan fingerprint density at radius 2 is 1.84 bits per heavy atom. The molecule has 1 saturated heterocycles. The van der Waals surface area contributed by atoms with Crippen molar-refractivity contribution in [2.24, 2.45) is 0 Å². The zero-order chi connectivity index (χ0) is 22.3. The van der Waals surface area contributed by atoms with Gasteiger partial charge >= 0.3 is 0 Å². The average molecular weight is 454 g/mol. The van der Waals surface area contributed by atoms with E-state index in [0.717, 1.165) is 36.6 Å². The quantitative estimate of drug-likeness (QED) is 0.512. The molecule has 32 heavy (non-hydrogen) atoms. The molecule has 170 valence electrons. The summed E-state index contributed by atoms with van der Waals surface area (Å²) in [6, 6.07) is 14.2. The van der Waals surface area contributed by atoms with E-state index in [1.807, 2.05) is 64.1 Å². The molecular weight excluding hydrogens is 422 g/mol. The zero-order valence-corrected chi connectivity index (χ0v) is 19.3. The first kappa shape index (κ1) is 22.5. The van der Waals surface area contributed by atoms with Gasteiger partial charge in [-0.25, -0.2) is 4.68 Å². The highest BCUT2D eigenvalue weighted by atomic mass is 32.2. The number of aromatic nitrogens is 3. The zero-order valence-electron chi connectivity index (χ0n) is 18.5. The summed E-state index contributed by atoms with van der Waals surface area (Å²) in [6.07, 6.45) is 9.08. The molecular formula is C24H31N5O2S. The van der Waals surface area contributed by atoms with Crippen molar-refractivity contribution in [1.29, 1.82) is 0 Å². The Balaban J connectivity index is 1.36. The monoisotopic (exact) mass is 453 g/mol. The minimum absolute atomic E-state index is 0.000267. The maximum atomic E-state index is 12.8. The molecule has 8 heteroatoms. The normalized spacial score (nSPS) is 16.2. The first-order valence-corrected chi connectivity index (χ1v) is 12.7. The Labute approximate surface area is 191 Å². The molecule has 1 N–H and O–H groups in total. The number of para-hydroxylation sites is 1. The SMILES string of the molecule is C[C@H](CCNC(=O)C[S@@](=O)Cc1cnn(-c2ccccc2)c1-n1cccc1)N1CCCC1. The Morgan fingerprint density at radius 1 is 1.12 bits per heavy atom. The Bertz CT molecular complexity index is 1030. The number of likely N-dealkylation sites (tertiary alicyclic amines) is 1. The minimum Gasteiger partial charge on any atom is -0.355 e. The molecule has 7 nitrogen and oxygen atoms in total. The first-order valence-electron chi connectivity index (χ1n) is 11.2. The highest BCUT2D eigenvalue weighted by Gasteiger charge is 2.19. The van der Waals surface area contributed by atoms with Crippen LogP contribution in [0.25, 0.3) is 11.5 Å². The lowest BCUT2D eigenvalue weighted by molar-refractivity contribution is -0.118. The third-order valence-corrected chi connectivity index (χ3v) is 7.14. The van der Waals surface area contributed by atoms with Crippen molar-refractivity contribution in [1.82, 2.24) is 24.6 Å². The molecule has 1 aliphatic rings. The number of carbonyl (C=O) groups is 1. The maximum absolute atomic E-state index is 12.8. The van der Waals surface area contributed by atoms with E-state index in [-0.39, 0.29) is 17.4 Å². The van der Waals surface area contributed by atoms with Crippen LogP contribution in [0.15, 0.2) is 61.1 Å². The number of carbonyl (C=O) groups excluding carboxylic acids is 1. The lowest BCUT2D eigenvalue weighted by Crippen LogP contribution is -2.35. The van der Waals surface area contributed by atoms with E-state index in [1.54, 1.807) is 6.20 Å². The van der Waals surface area contributed by atoms with Crippen LogP contribution < -0.4 is 5.32 Å². The molecule has 3 heterocycles. The van der Waals surface area contributed by atoms with E-state index < -0.39 is 10.8 Å².